The van der Waals surface area contributed by atoms with Crippen LogP contribution in [0.25, 0.3) is 0 Å². The fraction of sp³-hybridized carbons (Fsp3) is 0.579. The summed E-state index contributed by atoms with van der Waals surface area (Å²) < 4.78 is 0. The number of nitro benzene ring substituents is 1. The fourth-order valence-corrected chi connectivity index (χ4v) is 5.77. The number of rotatable bonds is 2. The van der Waals surface area contributed by atoms with E-state index in [0.29, 0.717) is 5.69 Å². The van der Waals surface area contributed by atoms with Crippen LogP contribution in [0.1, 0.15) is 27.2 Å². The number of fused-ring (bicyclic) bond motifs is 8. The number of carbonyl (C=O) groups is 2. The highest BCUT2D eigenvalue weighted by molar-refractivity contribution is 6.07. The van der Waals surface area contributed by atoms with Gasteiger partial charge in [-0.05, 0) is 45.1 Å². The molecule has 0 N–H and O–H groups in total. The lowest BCUT2D eigenvalue weighted by molar-refractivity contribution is -0.384. The number of nitrogens with zero attached hydrogens (tertiary/aromatic N) is 5. The smallest absolute Gasteiger partial charge is 0.277 e. The van der Waals surface area contributed by atoms with Gasteiger partial charge in [0, 0.05) is 11.6 Å². The molecule has 0 aromatic heterocycles. The normalized spacial score (nSPS) is 35.7. The van der Waals surface area contributed by atoms with Gasteiger partial charge < -0.3 is 0 Å². The van der Waals surface area contributed by atoms with Crippen molar-refractivity contribution in [2.45, 2.75) is 44.8 Å². The molecular formula is C19H21N5O4. The number of likely N-dealkylation sites (tertiary alicyclic amines) is 1. The summed E-state index contributed by atoms with van der Waals surface area (Å²) in [6.07, 6.45) is 0.732. The monoisotopic (exact) mass is 383 g/mol. The van der Waals surface area contributed by atoms with Crippen molar-refractivity contribution in [1.82, 2.24) is 4.90 Å². The zero-order chi connectivity index (χ0) is 20.0. The predicted molar refractivity (Wildman–Crippen MR) is 98.2 cm³/mol. The second-order valence-electron chi connectivity index (χ2n) is 9.07. The van der Waals surface area contributed by atoms with Crippen molar-refractivity contribution in [3.8, 4) is 0 Å². The molecule has 2 bridgehead atoms. The quantitative estimate of drug-likeness (QED) is 0.443. The van der Waals surface area contributed by atoms with E-state index < -0.39 is 10.5 Å². The molecule has 146 valence electrons. The summed E-state index contributed by atoms with van der Waals surface area (Å²) in [5.41, 5.74) is -0.212. The lowest BCUT2D eigenvalue weighted by atomic mass is 9.76. The Balaban J connectivity index is 1.53. The second kappa shape index (κ2) is 5.36. The van der Waals surface area contributed by atoms with Gasteiger partial charge in [0.15, 0.2) is 0 Å². The molecule has 2 saturated carbocycles. The number of para-hydroxylation sites is 2. The first-order chi connectivity index (χ1) is 13.2. The summed E-state index contributed by atoms with van der Waals surface area (Å²) in [5, 5.41) is 21.7. The summed E-state index contributed by atoms with van der Waals surface area (Å²) in [4.78, 5) is 38.6. The van der Waals surface area contributed by atoms with Crippen LogP contribution in [0.2, 0.25) is 0 Å². The molecule has 0 radical (unpaired) electrons. The van der Waals surface area contributed by atoms with Gasteiger partial charge in [0.2, 0.25) is 11.8 Å². The standard InChI is InChI=1S/C19H21N5O4/c1-19(2,3)22-17(25)13-9-8-10(14(13)18(22)26)16-15(9)20-21-23(16)11-6-4-5-7-12(11)24(27)28/h4-7,9-10,13-16H,8H2,1-3H3/t9-,10+,13+,14-,15+,16+/m0/s1. The van der Waals surface area contributed by atoms with Crippen LogP contribution in [0.15, 0.2) is 34.6 Å². The molecule has 2 aliphatic heterocycles. The van der Waals surface area contributed by atoms with Crippen LogP contribution in [-0.2, 0) is 9.59 Å². The summed E-state index contributed by atoms with van der Waals surface area (Å²) in [6, 6.07) is 6.02. The van der Waals surface area contributed by atoms with E-state index in [1.54, 1.807) is 23.2 Å². The van der Waals surface area contributed by atoms with Crippen molar-refractivity contribution < 1.29 is 14.5 Å². The molecule has 1 saturated heterocycles. The van der Waals surface area contributed by atoms with E-state index in [1.807, 2.05) is 20.8 Å². The van der Waals surface area contributed by atoms with Gasteiger partial charge in [-0.1, -0.05) is 17.4 Å². The molecule has 5 rings (SSSR count). The third-order valence-electron chi connectivity index (χ3n) is 6.65. The number of amides is 2. The number of imide groups is 1. The van der Waals surface area contributed by atoms with E-state index in [-0.39, 0.29) is 53.3 Å². The van der Waals surface area contributed by atoms with Crippen molar-refractivity contribution in [2.24, 2.45) is 34.0 Å². The number of nitro groups is 1. The third kappa shape index (κ3) is 2.01. The van der Waals surface area contributed by atoms with Crippen molar-refractivity contribution in [3.63, 3.8) is 0 Å². The highest BCUT2D eigenvalue weighted by Gasteiger charge is 2.70. The Kier molecular flexibility index (Phi) is 3.31. The van der Waals surface area contributed by atoms with E-state index >= 15 is 0 Å². The largest absolute Gasteiger partial charge is 0.294 e. The molecule has 2 heterocycles. The molecule has 2 amide bonds. The minimum absolute atomic E-state index is 0.0356. The van der Waals surface area contributed by atoms with Gasteiger partial charge in [0.1, 0.15) is 5.69 Å². The number of anilines is 1. The van der Waals surface area contributed by atoms with Gasteiger partial charge in [-0.2, -0.15) is 5.11 Å². The first kappa shape index (κ1) is 17.3. The molecule has 9 nitrogen and oxygen atoms in total. The maximum atomic E-state index is 13.2. The number of hydrogen-bond donors (Lipinski definition) is 0. The minimum Gasteiger partial charge on any atom is -0.277 e. The van der Waals surface area contributed by atoms with Crippen LogP contribution in [0, 0.1) is 33.8 Å². The van der Waals surface area contributed by atoms with Crippen LogP contribution in [0.3, 0.4) is 0 Å². The Morgan fingerprint density at radius 3 is 2.39 bits per heavy atom. The third-order valence-corrected chi connectivity index (χ3v) is 6.65. The first-order valence-corrected chi connectivity index (χ1v) is 9.53. The molecule has 6 atom stereocenters. The highest BCUT2D eigenvalue weighted by Crippen LogP contribution is 2.61. The molecular weight excluding hydrogens is 362 g/mol. The Labute approximate surface area is 161 Å². The zero-order valence-corrected chi connectivity index (χ0v) is 15.8. The Morgan fingerprint density at radius 2 is 1.75 bits per heavy atom. The van der Waals surface area contributed by atoms with Crippen LogP contribution in [0.5, 0.6) is 0 Å². The Hall–Kier alpha value is -2.84. The average molecular weight is 383 g/mol. The summed E-state index contributed by atoms with van der Waals surface area (Å²) in [7, 11) is 0. The summed E-state index contributed by atoms with van der Waals surface area (Å²) in [5.74, 6) is -1.08. The predicted octanol–water partition coefficient (Wildman–Crippen LogP) is 2.57. The average Bonchev–Trinajstić information content (AvgIpc) is 3.34. The summed E-state index contributed by atoms with van der Waals surface area (Å²) in [6.45, 7) is 5.60. The first-order valence-electron chi connectivity index (χ1n) is 9.53. The van der Waals surface area contributed by atoms with Gasteiger partial charge in [-0.15, -0.1) is 0 Å². The molecule has 4 aliphatic rings. The van der Waals surface area contributed by atoms with E-state index in [4.69, 9.17) is 0 Å². The molecule has 3 fully saturated rings. The van der Waals surface area contributed by atoms with Gasteiger partial charge in [-0.3, -0.25) is 24.6 Å². The van der Waals surface area contributed by atoms with Crippen molar-refractivity contribution in [2.75, 3.05) is 5.01 Å². The number of carbonyl (C=O) groups excluding carboxylic acids is 2. The van der Waals surface area contributed by atoms with Crippen molar-refractivity contribution in [1.29, 1.82) is 0 Å². The second-order valence-corrected chi connectivity index (χ2v) is 9.07. The van der Waals surface area contributed by atoms with Crippen LogP contribution < -0.4 is 5.01 Å². The molecule has 1 aromatic carbocycles. The van der Waals surface area contributed by atoms with Gasteiger partial charge in [0.05, 0.1) is 28.8 Å². The maximum Gasteiger partial charge on any atom is 0.294 e. The molecule has 0 spiro atoms. The van der Waals surface area contributed by atoms with Gasteiger partial charge >= 0.3 is 0 Å². The zero-order valence-electron chi connectivity index (χ0n) is 15.8. The van der Waals surface area contributed by atoms with Crippen molar-refractivity contribution in [3.05, 3.63) is 34.4 Å². The van der Waals surface area contributed by atoms with Crippen LogP contribution >= 0.6 is 0 Å². The molecule has 28 heavy (non-hydrogen) atoms. The molecule has 0 unspecified atom stereocenters. The summed E-state index contributed by atoms with van der Waals surface area (Å²) >= 11 is 0. The molecule has 2 aliphatic carbocycles. The lowest BCUT2D eigenvalue weighted by Gasteiger charge is -2.33. The lowest BCUT2D eigenvalue weighted by Crippen LogP contribution is -2.47. The molecule has 9 heteroatoms. The maximum absolute atomic E-state index is 13.2. The van der Waals surface area contributed by atoms with Crippen molar-refractivity contribution >= 4 is 23.2 Å². The van der Waals surface area contributed by atoms with E-state index in [1.165, 1.54) is 11.0 Å². The molecule has 1 aromatic rings. The van der Waals surface area contributed by atoms with E-state index in [2.05, 4.69) is 10.3 Å². The number of hydrogen-bond acceptors (Lipinski definition) is 7. The highest BCUT2D eigenvalue weighted by atomic mass is 16.6. The SMILES string of the molecule is CC(C)(C)N1C(=O)[C@@H]2[C@@H]3C[C@H]([C@@H]2C1=O)[C@@H]1[C@@H]3N=NN1c1ccccc1[N+](=O)[O-]. The van der Waals surface area contributed by atoms with Crippen LogP contribution in [-0.4, -0.2) is 39.3 Å². The fourth-order valence-electron chi connectivity index (χ4n) is 5.77. The van der Waals surface area contributed by atoms with Gasteiger partial charge in [-0.25, -0.2) is 5.01 Å². The Bertz CT molecular complexity index is 938. The van der Waals surface area contributed by atoms with E-state index in [0.717, 1.165) is 6.42 Å². The number of benzene rings is 1. The van der Waals surface area contributed by atoms with Gasteiger partial charge in [0.25, 0.3) is 5.69 Å². The Morgan fingerprint density at radius 1 is 1.11 bits per heavy atom. The minimum atomic E-state index is -0.563. The van der Waals surface area contributed by atoms with E-state index in [9.17, 15) is 19.7 Å². The van der Waals surface area contributed by atoms with Crippen LogP contribution in [0.4, 0.5) is 11.4 Å². The topological polar surface area (TPSA) is 108 Å².